The van der Waals surface area contributed by atoms with Gasteiger partial charge >= 0.3 is 0 Å². The standard InChI is InChI=1S/C12H15F2NO/c1-8-6-11(14)12(7-10(8)13)16-9-2-4-15-5-3-9/h6-7,9,15H,2-5H2,1H3. The van der Waals surface area contributed by atoms with E-state index in [0.717, 1.165) is 32.0 Å². The Morgan fingerprint density at radius 1 is 1.19 bits per heavy atom. The van der Waals surface area contributed by atoms with Crippen molar-refractivity contribution in [1.29, 1.82) is 0 Å². The molecule has 0 unspecified atom stereocenters. The van der Waals surface area contributed by atoms with Crippen LogP contribution in [0, 0.1) is 18.6 Å². The number of hydrogen-bond donors (Lipinski definition) is 1. The number of hydrogen-bond acceptors (Lipinski definition) is 2. The third-order valence-corrected chi connectivity index (χ3v) is 2.79. The minimum atomic E-state index is -0.488. The van der Waals surface area contributed by atoms with Gasteiger partial charge in [-0.25, -0.2) is 8.78 Å². The Hall–Kier alpha value is -1.16. The largest absolute Gasteiger partial charge is 0.487 e. The first-order chi connectivity index (χ1) is 7.66. The van der Waals surface area contributed by atoms with Gasteiger partial charge in [0.2, 0.25) is 0 Å². The Morgan fingerprint density at radius 3 is 2.56 bits per heavy atom. The van der Waals surface area contributed by atoms with Crippen LogP contribution in [0.25, 0.3) is 0 Å². The lowest BCUT2D eigenvalue weighted by atomic mass is 10.1. The predicted molar refractivity (Wildman–Crippen MR) is 57.6 cm³/mol. The van der Waals surface area contributed by atoms with Crippen LogP contribution in [0.5, 0.6) is 5.75 Å². The molecule has 0 atom stereocenters. The molecule has 0 radical (unpaired) electrons. The highest BCUT2D eigenvalue weighted by Gasteiger charge is 2.17. The zero-order valence-corrected chi connectivity index (χ0v) is 9.22. The molecule has 0 saturated carbocycles. The zero-order valence-electron chi connectivity index (χ0n) is 9.22. The second-order valence-electron chi connectivity index (χ2n) is 4.10. The molecule has 88 valence electrons. The Bertz CT molecular complexity index is 376. The van der Waals surface area contributed by atoms with Gasteiger partial charge in [-0.1, -0.05) is 0 Å². The highest BCUT2D eigenvalue weighted by molar-refractivity contribution is 5.30. The van der Waals surface area contributed by atoms with E-state index in [2.05, 4.69) is 5.32 Å². The van der Waals surface area contributed by atoms with E-state index in [-0.39, 0.29) is 11.9 Å². The summed E-state index contributed by atoms with van der Waals surface area (Å²) < 4.78 is 32.2. The van der Waals surface area contributed by atoms with Gasteiger partial charge in [0, 0.05) is 6.07 Å². The summed E-state index contributed by atoms with van der Waals surface area (Å²) in [5.41, 5.74) is 0.301. The van der Waals surface area contributed by atoms with Crippen molar-refractivity contribution in [3.05, 3.63) is 29.3 Å². The van der Waals surface area contributed by atoms with Crippen LogP contribution in [0.4, 0.5) is 8.78 Å². The van der Waals surface area contributed by atoms with E-state index < -0.39 is 11.6 Å². The van der Waals surface area contributed by atoms with Gasteiger partial charge in [0.05, 0.1) is 0 Å². The van der Waals surface area contributed by atoms with Crippen LogP contribution in [0.15, 0.2) is 12.1 Å². The summed E-state index contributed by atoms with van der Waals surface area (Å²) in [6.07, 6.45) is 1.64. The highest BCUT2D eigenvalue weighted by Crippen LogP contribution is 2.23. The van der Waals surface area contributed by atoms with E-state index in [0.29, 0.717) is 5.56 Å². The molecule has 1 aromatic carbocycles. The summed E-state index contributed by atoms with van der Waals surface area (Å²) in [6, 6.07) is 2.30. The zero-order chi connectivity index (χ0) is 11.5. The average Bonchev–Trinajstić information content (AvgIpc) is 2.27. The molecule has 2 rings (SSSR count). The van der Waals surface area contributed by atoms with E-state index in [9.17, 15) is 8.78 Å². The lowest BCUT2D eigenvalue weighted by molar-refractivity contribution is 0.155. The van der Waals surface area contributed by atoms with E-state index >= 15 is 0 Å². The van der Waals surface area contributed by atoms with Gasteiger partial charge in [0.25, 0.3) is 0 Å². The molecule has 4 heteroatoms. The third kappa shape index (κ3) is 2.50. The van der Waals surface area contributed by atoms with E-state index in [1.165, 1.54) is 13.0 Å². The summed E-state index contributed by atoms with van der Waals surface area (Å²) in [6.45, 7) is 3.26. The summed E-state index contributed by atoms with van der Waals surface area (Å²) in [7, 11) is 0. The molecule has 16 heavy (non-hydrogen) atoms. The first-order valence-corrected chi connectivity index (χ1v) is 5.50. The summed E-state index contributed by atoms with van der Waals surface area (Å²) in [5.74, 6) is -0.891. The van der Waals surface area contributed by atoms with Crippen molar-refractivity contribution in [2.24, 2.45) is 0 Å². The van der Waals surface area contributed by atoms with Crippen molar-refractivity contribution in [3.63, 3.8) is 0 Å². The maximum absolute atomic E-state index is 13.5. The highest BCUT2D eigenvalue weighted by atomic mass is 19.1. The Morgan fingerprint density at radius 2 is 1.88 bits per heavy atom. The van der Waals surface area contributed by atoms with Crippen molar-refractivity contribution in [2.75, 3.05) is 13.1 Å². The lowest BCUT2D eigenvalue weighted by Crippen LogP contribution is -2.34. The molecule has 0 aliphatic carbocycles. The first kappa shape index (κ1) is 11.3. The maximum atomic E-state index is 13.5. The summed E-state index contributed by atoms with van der Waals surface area (Å²) in [5, 5.41) is 3.19. The van der Waals surface area contributed by atoms with Crippen LogP contribution >= 0.6 is 0 Å². The normalized spacial score (nSPS) is 17.4. The lowest BCUT2D eigenvalue weighted by Gasteiger charge is -2.24. The third-order valence-electron chi connectivity index (χ3n) is 2.79. The van der Waals surface area contributed by atoms with Crippen molar-refractivity contribution in [1.82, 2.24) is 5.32 Å². The summed E-state index contributed by atoms with van der Waals surface area (Å²) >= 11 is 0. The monoisotopic (exact) mass is 227 g/mol. The molecule has 0 aromatic heterocycles. The van der Waals surface area contributed by atoms with E-state index in [1.807, 2.05) is 0 Å². The van der Waals surface area contributed by atoms with Gasteiger partial charge in [0.15, 0.2) is 11.6 Å². The molecule has 0 amide bonds. The van der Waals surface area contributed by atoms with Gasteiger partial charge < -0.3 is 10.1 Å². The smallest absolute Gasteiger partial charge is 0.165 e. The molecule has 1 N–H and O–H groups in total. The summed E-state index contributed by atoms with van der Waals surface area (Å²) in [4.78, 5) is 0. The second-order valence-corrected chi connectivity index (χ2v) is 4.10. The molecule has 1 aliphatic rings. The van der Waals surface area contributed by atoms with Crippen LogP contribution < -0.4 is 10.1 Å². The van der Waals surface area contributed by atoms with E-state index in [4.69, 9.17) is 4.74 Å². The molecule has 1 aliphatic heterocycles. The van der Waals surface area contributed by atoms with Crippen LogP contribution in [0.1, 0.15) is 18.4 Å². The van der Waals surface area contributed by atoms with Gasteiger partial charge in [-0.3, -0.25) is 0 Å². The quantitative estimate of drug-likeness (QED) is 0.837. The van der Waals surface area contributed by atoms with Crippen LogP contribution in [-0.2, 0) is 0 Å². The van der Waals surface area contributed by atoms with Crippen molar-refractivity contribution in [3.8, 4) is 5.75 Å². The molecule has 0 spiro atoms. The number of halogens is 2. The first-order valence-electron chi connectivity index (χ1n) is 5.50. The predicted octanol–water partition coefficient (Wildman–Crippen LogP) is 2.40. The number of nitrogens with one attached hydrogen (secondary N) is 1. The minimum Gasteiger partial charge on any atom is -0.487 e. The number of aryl methyl sites for hydroxylation is 1. The Labute approximate surface area is 93.6 Å². The molecule has 1 heterocycles. The number of ether oxygens (including phenoxy) is 1. The Kier molecular flexibility index (Phi) is 3.39. The van der Waals surface area contributed by atoms with Crippen LogP contribution in [0.3, 0.4) is 0 Å². The second kappa shape index (κ2) is 4.78. The van der Waals surface area contributed by atoms with Crippen molar-refractivity contribution in [2.45, 2.75) is 25.9 Å². The van der Waals surface area contributed by atoms with Crippen LogP contribution in [0.2, 0.25) is 0 Å². The van der Waals surface area contributed by atoms with Crippen LogP contribution in [-0.4, -0.2) is 19.2 Å². The topological polar surface area (TPSA) is 21.3 Å². The Balaban J connectivity index is 2.11. The molecular formula is C12H15F2NO. The molecule has 1 saturated heterocycles. The molecule has 0 bridgehead atoms. The number of rotatable bonds is 2. The SMILES string of the molecule is Cc1cc(F)c(OC2CCNCC2)cc1F. The molecule has 1 aromatic rings. The van der Waals surface area contributed by atoms with Gasteiger partial charge in [-0.15, -0.1) is 0 Å². The van der Waals surface area contributed by atoms with Gasteiger partial charge in [-0.2, -0.15) is 0 Å². The van der Waals surface area contributed by atoms with Gasteiger partial charge in [0.1, 0.15) is 11.9 Å². The molecule has 1 fully saturated rings. The van der Waals surface area contributed by atoms with Crippen molar-refractivity contribution < 1.29 is 13.5 Å². The number of benzene rings is 1. The minimum absolute atomic E-state index is 0.0159. The van der Waals surface area contributed by atoms with E-state index in [1.54, 1.807) is 0 Å². The van der Waals surface area contributed by atoms with Gasteiger partial charge in [-0.05, 0) is 44.5 Å². The average molecular weight is 227 g/mol. The van der Waals surface area contributed by atoms with Crippen molar-refractivity contribution >= 4 is 0 Å². The molecular weight excluding hydrogens is 212 g/mol. The maximum Gasteiger partial charge on any atom is 0.165 e. The fraction of sp³-hybridized carbons (Fsp3) is 0.500. The fourth-order valence-corrected chi connectivity index (χ4v) is 1.81. The number of piperidine rings is 1. The molecule has 2 nitrogen and oxygen atoms in total. The fourth-order valence-electron chi connectivity index (χ4n) is 1.81.